The number of para-hydroxylation sites is 1. The molecule has 0 spiro atoms. The molecule has 0 radical (unpaired) electrons. The van der Waals surface area contributed by atoms with Crippen LogP contribution in [0.3, 0.4) is 0 Å². The van der Waals surface area contributed by atoms with E-state index in [2.05, 4.69) is 26.4 Å². The van der Waals surface area contributed by atoms with Crippen LogP contribution in [0.2, 0.25) is 5.02 Å². The summed E-state index contributed by atoms with van der Waals surface area (Å²) in [6.45, 7) is 1.71. The molecule has 4 N–H and O–H groups in total. The topological polar surface area (TPSA) is 104 Å². The summed E-state index contributed by atoms with van der Waals surface area (Å²) in [5.41, 5.74) is 4.40. The third-order valence-electron chi connectivity index (χ3n) is 6.43. The Labute approximate surface area is 189 Å². The average molecular weight is 450 g/mol. The monoisotopic (exact) mass is 449 g/mol. The fraction of sp³-hybridized carbons (Fsp3) is 0.261. The molecule has 2 aromatic rings. The van der Waals surface area contributed by atoms with Crippen LogP contribution in [0.25, 0.3) is 5.57 Å². The van der Waals surface area contributed by atoms with Gasteiger partial charge in [0.15, 0.2) is 6.61 Å². The summed E-state index contributed by atoms with van der Waals surface area (Å²) in [6, 6.07) is 13.0. The van der Waals surface area contributed by atoms with Crippen LogP contribution in [0.1, 0.15) is 11.1 Å². The number of carbonyl (C=O) groups is 2. The lowest BCUT2D eigenvalue weighted by Crippen LogP contribution is -2.34. The van der Waals surface area contributed by atoms with Crippen molar-refractivity contribution in [1.29, 1.82) is 0 Å². The highest BCUT2D eigenvalue weighted by Crippen LogP contribution is 2.42. The van der Waals surface area contributed by atoms with Gasteiger partial charge in [0.2, 0.25) is 0 Å². The largest absolute Gasteiger partial charge is 0.385 e. The van der Waals surface area contributed by atoms with Crippen LogP contribution in [0.5, 0.6) is 0 Å². The van der Waals surface area contributed by atoms with E-state index in [1.54, 1.807) is 18.2 Å². The van der Waals surface area contributed by atoms with Gasteiger partial charge in [0.05, 0.1) is 11.3 Å². The number of allylic oxidation sites excluding steroid dienone is 1. The molecule has 9 heteroatoms. The lowest BCUT2D eigenvalue weighted by molar-refractivity contribution is -0.126. The van der Waals surface area contributed by atoms with Crippen molar-refractivity contribution in [3.63, 3.8) is 0 Å². The zero-order valence-corrected chi connectivity index (χ0v) is 17.7. The maximum atomic E-state index is 12.8. The Morgan fingerprint density at radius 2 is 1.88 bits per heavy atom. The molecule has 0 aromatic heterocycles. The van der Waals surface area contributed by atoms with Gasteiger partial charge in [-0.3, -0.25) is 9.59 Å². The number of benzene rings is 2. The fourth-order valence-electron chi connectivity index (χ4n) is 4.81. The minimum absolute atomic E-state index is 0.188. The molecule has 1 saturated heterocycles. The molecule has 3 atom stereocenters. The lowest BCUT2D eigenvalue weighted by atomic mass is 10.0. The number of fused-ring (bicyclic) bond motifs is 3. The molecule has 162 valence electrons. The lowest BCUT2D eigenvalue weighted by Gasteiger charge is -2.08. The SMILES string of the molecule is O=C(CO/N=C1/C(=C2/C(=O)Nc3ccc(Cl)cc32)Nc2ccccc21)N[C@@H]1[C@@H]2CNC[C@@H]21. The summed E-state index contributed by atoms with van der Waals surface area (Å²) in [5.74, 6) is 0.607. The summed E-state index contributed by atoms with van der Waals surface area (Å²) in [4.78, 5) is 30.6. The Hall–Kier alpha value is -3.36. The molecular formula is C23H20ClN5O3. The van der Waals surface area contributed by atoms with Gasteiger partial charge >= 0.3 is 0 Å². The Morgan fingerprint density at radius 3 is 2.72 bits per heavy atom. The van der Waals surface area contributed by atoms with Gasteiger partial charge in [-0.2, -0.15) is 0 Å². The minimum Gasteiger partial charge on any atom is -0.385 e. The van der Waals surface area contributed by atoms with E-state index in [4.69, 9.17) is 16.4 Å². The second kappa shape index (κ2) is 7.36. The molecule has 4 aliphatic rings. The summed E-state index contributed by atoms with van der Waals surface area (Å²) >= 11 is 6.18. The molecule has 2 fully saturated rings. The fourth-order valence-corrected chi connectivity index (χ4v) is 4.98. The van der Waals surface area contributed by atoms with Crippen molar-refractivity contribution in [1.82, 2.24) is 10.6 Å². The molecule has 8 nitrogen and oxygen atoms in total. The Bertz CT molecular complexity index is 1210. The maximum Gasteiger partial charge on any atom is 0.261 e. The van der Waals surface area contributed by atoms with Gasteiger partial charge in [0.1, 0.15) is 5.71 Å². The first-order chi connectivity index (χ1) is 15.6. The molecule has 3 aliphatic heterocycles. The quantitative estimate of drug-likeness (QED) is 0.423. The van der Waals surface area contributed by atoms with Crippen molar-refractivity contribution in [2.24, 2.45) is 17.0 Å². The number of halogens is 1. The van der Waals surface area contributed by atoms with Gasteiger partial charge in [-0.05, 0) is 36.1 Å². The zero-order valence-electron chi connectivity index (χ0n) is 16.9. The smallest absolute Gasteiger partial charge is 0.261 e. The Kier molecular flexibility index (Phi) is 4.44. The van der Waals surface area contributed by atoms with Gasteiger partial charge in [-0.1, -0.05) is 35.0 Å². The van der Waals surface area contributed by atoms with E-state index in [0.29, 0.717) is 45.1 Å². The van der Waals surface area contributed by atoms with E-state index < -0.39 is 0 Å². The number of nitrogens with zero attached hydrogens (tertiary/aromatic N) is 1. The molecule has 3 heterocycles. The predicted molar refractivity (Wildman–Crippen MR) is 121 cm³/mol. The average Bonchev–Trinajstić information content (AvgIpc) is 3.14. The normalized spacial score (nSPS) is 28.0. The van der Waals surface area contributed by atoms with E-state index in [1.165, 1.54) is 0 Å². The number of hydrogen-bond donors (Lipinski definition) is 4. The number of amides is 2. The molecule has 0 bridgehead atoms. The van der Waals surface area contributed by atoms with Crippen LogP contribution >= 0.6 is 11.6 Å². The van der Waals surface area contributed by atoms with Crippen molar-refractivity contribution in [3.05, 3.63) is 64.3 Å². The molecule has 32 heavy (non-hydrogen) atoms. The van der Waals surface area contributed by atoms with Crippen molar-refractivity contribution in [2.75, 3.05) is 30.3 Å². The number of rotatable bonds is 4. The predicted octanol–water partition coefficient (Wildman–Crippen LogP) is 2.18. The number of hydrogen-bond acceptors (Lipinski definition) is 6. The standard InChI is InChI=1S/C23H20ClN5O3/c24-11-5-6-17-13(7-11)19(23(31)27-17)22-21(12-3-1-2-4-16(12)26-22)29-32-10-18(30)28-20-14-8-25-9-15(14)20/h1-7,14-15,20,25-26H,8-10H2,(H,27,31)(H,28,30)/b22-19-,29-21+/t14-,15+,20-. The Morgan fingerprint density at radius 1 is 1.09 bits per heavy atom. The van der Waals surface area contributed by atoms with Crippen LogP contribution in [-0.2, 0) is 14.4 Å². The van der Waals surface area contributed by atoms with Gasteiger partial charge in [-0.15, -0.1) is 0 Å². The second-order valence-corrected chi connectivity index (χ2v) is 8.79. The summed E-state index contributed by atoms with van der Waals surface area (Å²) in [6.07, 6.45) is 0. The van der Waals surface area contributed by atoms with E-state index >= 15 is 0 Å². The zero-order chi connectivity index (χ0) is 21.8. The molecule has 1 saturated carbocycles. The first kappa shape index (κ1) is 19.3. The summed E-state index contributed by atoms with van der Waals surface area (Å²) in [5, 5.41) is 17.3. The summed E-state index contributed by atoms with van der Waals surface area (Å²) in [7, 11) is 0. The highest BCUT2D eigenvalue weighted by Gasteiger charge is 2.53. The molecule has 6 rings (SSSR count). The number of nitrogens with one attached hydrogen (secondary N) is 4. The Balaban J connectivity index is 1.28. The maximum absolute atomic E-state index is 12.8. The van der Waals surface area contributed by atoms with Crippen molar-refractivity contribution in [2.45, 2.75) is 6.04 Å². The van der Waals surface area contributed by atoms with Crippen molar-refractivity contribution in [3.8, 4) is 0 Å². The molecule has 2 aromatic carbocycles. The number of oxime groups is 1. The number of carbonyl (C=O) groups excluding carboxylic acids is 2. The third-order valence-corrected chi connectivity index (χ3v) is 6.66. The van der Waals surface area contributed by atoms with Gasteiger partial charge in [-0.25, -0.2) is 0 Å². The molecule has 2 amide bonds. The van der Waals surface area contributed by atoms with Crippen LogP contribution in [-0.4, -0.2) is 43.3 Å². The van der Waals surface area contributed by atoms with Gasteiger partial charge < -0.3 is 26.1 Å². The molecule has 0 unspecified atom stereocenters. The van der Waals surface area contributed by atoms with Gasteiger partial charge in [0, 0.05) is 46.7 Å². The highest BCUT2D eigenvalue weighted by atomic mass is 35.5. The highest BCUT2D eigenvalue weighted by molar-refractivity contribution is 6.40. The number of piperidine rings is 1. The van der Waals surface area contributed by atoms with Crippen LogP contribution in [0.4, 0.5) is 11.4 Å². The van der Waals surface area contributed by atoms with E-state index in [-0.39, 0.29) is 24.5 Å². The van der Waals surface area contributed by atoms with Crippen molar-refractivity contribution >= 4 is 46.1 Å². The van der Waals surface area contributed by atoms with Crippen LogP contribution in [0, 0.1) is 11.8 Å². The number of anilines is 2. The molecular weight excluding hydrogens is 430 g/mol. The first-order valence-corrected chi connectivity index (χ1v) is 10.9. The van der Waals surface area contributed by atoms with Crippen LogP contribution in [0.15, 0.2) is 53.3 Å². The van der Waals surface area contributed by atoms with E-state index in [1.807, 2.05) is 24.3 Å². The summed E-state index contributed by atoms with van der Waals surface area (Å²) < 4.78 is 0. The second-order valence-electron chi connectivity index (χ2n) is 8.36. The van der Waals surface area contributed by atoms with Crippen molar-refractivity contribution < 1.29 is 14.4 Å². The molecule has 1 aliphatic carbocycles. The van der Waals surface area contributed by atoms with E-state index in [0.717, 1.165) is 24.3 Å². The van der Waals surface area contributed by atoms with Crippen LogP contribution < -0.4 is 21.3 Å². The first-order valence-electron chi connectivity index (χ1n) is 10.5. The van der Waals surface area contributed by atoms with Gasteiger partial charge in [0.25, 0.3) is 11.8 Å². The minimum atomic E-state index is -0.253. The third kappa shape index (κ3) is 3.14. The van der Waals surface area contributed by atoms with E-state index in [9.17, 15) is 9.59 Å².